The molecule has 2 atom stereocenters. The van der Waals surface area contributed by atoms with Gasteiger partial charge < -0.3 is 26.2 Å². The van der Waals surface area contributed by atoms with Gasteiger partial charge in [0.1, 0.15) is 12.6 Å². The van der Waals surface area contributed by atoms with Gasteiger partial charge in [-0.15, -0.1) is 0 Å². The van der Waals surface area contributed by atoms with Gasteiger partial charge in [0.25, 0.3) is 0 Å². The van der Waals surface area contributed by atoms with E-state index in [1.165, 1.54) is 49.7 Å². The number of rotatable bonds is 8. The van der Waals surface area contributed by atoms with E-state index in [0.717, 1.165) is 23.9 Å². The van der Waals surface area contributed by atoms with Crippen LogP contribution in [-0.2, 0) is 17.7 Å². The van der Waals surface area contributed by atoms with E-state index in [0.29, 0.717) is 17.6 Å². The normalized spacial score (nSPS) is 26.8. The molecule has 0 spiro atoms. The quantitative estimate of drug-likeness (QED) is 0.326. The van der Waals surface area contributed by atoms with Crippen LogP contribution in [0.5, 0.6) is 0 Å². The first-order valence-electron chi connectivity index (χ1n) is 11.8. The second-order valence-corrected chi connectivity index (χ2v) is 9.53. The minimum Gasteiger partial charge on any atom is -1.00 e. The van der Waals surface area contributed by atoms with E-state index >= 15 is 0 Å². The Kier molecular flexibility index (Phi) is 8.35. The Hall–Kier alpha value is -1.65. The zero-order valence-corrected chi connectivity index (χ0v) is 20.5. The van der Waals surface area contributed by atoms with Gasteiger partial charge in [0.2, 0.25) is 0 Å². The molecule has 2 saturated heterocycles. The van der Waals surface area contributed by atoms with Crippen molar-refractivity contribution in [3.05, 3.63) is 71.3 Å². The molecule has 2 bridgehead atoms. The van der Waals surface area contributed by atoms with Crippen molar-refractivity contribution in [1.29, 1.82) is 0 Å². The molecular formula is C27H36BrNO2. The zero-order valence-electron chi connectivity index (χ0n) is 18.9. The number of aryl methyl sites for hydroxylation is 1. The maximum Gasteiger partial charge on any atom is 0.338 e. The molecule has 2 aliphatic heterocycles. The van der Waals surface area contributed by atoms with Gasteiger partial charge in [0.05, 0.1) is 24.7 Å². The summed E-state index contributed by atoms with van der Waals surface area (Å²) in [7, 11) is 2.42. The molecular weight excluding hydrogens is 450 g/mol. The van der Waals surface area contributed by atoms with Gasteiger partial charge in [0.15, 0.2) is 0 Å². The Balaban J connectivity index is 0.00000272. The number of quaternary nitrogens is 1. The van der Waals surface area contributed by atoms with Gasteiger partial charge in [-0.1, -0.05) is 62.2 Å². The van der Waals surface area contributed by atoms with Gasteiger partial charge in [0, 0.05) is 31.2 Å². The molecule has 31 heavy (non-hydrogen) atoms. The van der Waals surface area contributed by atoms with Crippen LogP contribution in [0.4, 0.5) is 0 Å². The third-order valence-corrected chi connectivity index (χ3v) is 7.47. The molecule has 0 saturated carbocycles. The van der Waals surface area contributed by atoms with E-state index in [9.17, 15) is 4.79 Å². The standard InChI is InChI=1S/C27H36NO2.BrH/c1-3-4-6-9-21-12-14-22(15-13-21)20-28(2)24-16-17-25(28)19-26(18-24)30-27(29)23-10-7-5-8-11-23;/h5,7-8,10-15,24-26H,3-4,6,9,16-20H2,1-2H3;1H/q+1;/p-1. The van der Waals surface area contributed by atoms with E-state index in [2.05, 4.69) is 38.2 Å². The minimum absolute atomic E-state index is 0. The Morgan fingerprint density at radius 3 is 2.16 bits per heavy atom. The van der Waals surface area contributed by atoms with Crippen LogP contribution in [-0.4, -0.2) is 35.7 Å². The average molecular weight is 486 g/mol. The number of halogens is 1. The molecule has 3 nitrogen and oxygen atoms in total. The van der Waals surface area contributed by atoms with Gasteiger partial charge in [-0.3, -0.25) is 0 Å². The van der Waals surface area contributed by atoms with Crippen LogP contribution in [0.3, 0.4) is 0 Å². The van der Waals surface area contributed by atoms with Crippen molar-refractivity contribution in [2.24, 2.45) is 0 Å². The van der Waals surface area contributed by atoms with Gasteiger partial charge in [-0.25, -0.2) is 4.79 Å². The van der Waals surface area contributed by atoms with Crippen molar-refractivity contribution in [1.82, 2.24) is 0 Å². The van der Waals surface area contributed by atoms with Crippen LogP contribution in [0.2, 0.25) is 0 Å². The molecule has 0 amide bonds. The number of piperidine rings is 1. The van der Waals surface area contributed by atoms with E-state index in [1.54, 1.807) is 0 Å². The second kappa shape index (κ2) is 10.8. The number of unbranched alkanes of at least 4 members (excludes halogenated alkanes) is 2. The minimum atomic E-state index is -0.172. The third kappa shape index (κ3) is 5.59. The number of esters is 1. The van der Waals surface area contributed by atoms with E-state index in [-0.39, 0.29) is 29.1 Å². The molecule has 2 aromatic rings. The summed E-state index contributed by atoms with van der Waals surface area (Å²) >= 11 is 0. The number of carbonyl (C=O) groups is 1. The van der Waals surface area contributed by atoms with Gasteiger partial charge in [-0.2, -0.15) is 0 Å². The van der Waals surface area contributed by atoms with Crippen molar-refractivity contribution in [2.75, 3.05) is 7.05 Å². The highest BCUT2D eigenvalue weighted by molar-refractivity contribution is 5.89. The number of carbonyl (C=O) groups excluding carboxylic acids is 1. The van der Waals surface area contributed by atoms with Crippen molar-refractivity contribution in [2.45, 2.75) is 83.0 Å². The van der Waals surface area contributed by atoms with Crippen LogP contribution in [0.1, 0.15) is 73.4 Å². The van der Waals surface area contributed by atoms with Crippen LogP contribution in [0.15, 0.2) is 54.6 Å². The summed E-state index contributed by atoms with van der Waals surface area (Å²) in [6.45, 7) is 3.34. The maximum atomic E-state index is 12.5. The summed E-state index contributed by atoms with van der Waals surface area (Å²) in [4.78, 5) is 12.5. The van der Waals surface area contributed by atoms with Gasteiger partial charge in [-0.05, 0) is 30.5 Å². The third-order valence-electron chi connectivity index (χ3n) is 7.47. The molecule has 4 heteroatoms. The number of nitrogens with zero attached hydrogens (tertiary/aromatic N) is 1. The predicted octanol–water partition coefficient (Wildman–Crippen LogP) is 2.92. The molecule has 0 N–H and O–H groups in total. The summed E-state index contributed by atoms with van der Waals surface area (Å²) in [6.07, 6.45) is 9.60. The highest BCUT2D eigenvalue weighted by atomic mass is 79.9. The number of benzene rings is 2. The Morgan fingerprint density at radius 2 is 1.55 bits per heavy atom. The van der Waals surface area contributed by atoms with Crippen LogP contribution in [0.25, 0.3) is 0 Å². The first kappa shape index (κ1) is 24.0. The second-order valence-electron chi connectivity index (χ2n) is 9.53. The Bertz CT molecular complexity index is 822. The van der Waals surface area contributed by atoms with Crippen molar-refractivity contribution >= 4 is 5.97 Å². The monoisotopic (exact) mass is 485 g/mol. The molecule has 4 rings (SSSR count). The smallest absolute Gasteiger partial charge is 0.338 e. The molecule has 2 fully saturated rings. The molecule has 2 unspecified atom stereocenters. The first-order valence-corrected chi connectivity index (χ1v) is 11.8. The molecule has 2 aromatic carbocycles. The summed E-state index contributed by atoms with van der Waals surface area (Å²) in [5.74, 6) is -0.172. The van der Waals surface area contributed by atoms with Crippen LogP contribution in [0, 0.1) is 0 Å². The van der Waals surface area contributed by atoms with Crippen molar-refractivity contribution in [3.8, 4) is 0 Å². The molecule has 168 valence electrons. The summed E-state index contributed by atoms with van der Waals surface area (Å²) in [5.41, 5.74) is 3.56. The van der Waals surface area contributed by atoms with Crippen LogP contribution >= 0.6 is 0 Å². The lowest BCUT2D eigenvalue weighted by Gasteiger charge is -2.47. The molecule has 0 aromatic heterocycles. The predicted molar refractivity (Wildman–Crippen MR) is 121 cm³/mol. The number of ether oxygens (including phenoxy) is 1. The number of hydrogen-bond acceptors (Lipinski definition) is 2. The Labute approximate surface area is 198 Å². The maximum absolute atomic E-state index is 12.5. The van der Waals surface area contributed by atoms with Crippen molar-refractivity contribution < 1.29 is 31.0 Å². The SMILES string of the molecule is CCCCCc1ccc(C[N+]2(C)C3CCC2CC(OC(=O)c2ccccc2)C3)cc1.[Br-]. The lowest BCUT2D eigenvalue weighted by atomic mass is 9.95. The molecule has 2 aliphatic rings. The summed E-state index contributed by atoms with van der Waals surface area (Å²) in [5, 5.41) is 0. The first-order chi connectivity index (χ1) is 14.6. The van der Waals surface area contributed by atoms with E-state index in [1.807, 2.05) is 30.3 Å². The van der Waals surface area contributed by atoms with E-state index < -0.39 is 0 Å². The fourth-order valence-corrected chi connectivity index (χ4v) is 5.63. The largest absolute Gasteiger partial charge is 1.00 e. The lowest BCUT2D eigenvalue weighted by molar-refractivity contribution is -0.961. The molecule has 0 radical (unpaired) electrons. The fraction of sp³-hybridized carbons (Fsp3) is 0.519. The summed E-state index contributed by atoms with van der Waals surface area (Å²) < 4.78 is 7.02. The van der Waals surface area contributed by atoms with Crippen molar-refractivity contribution in [3.63, 3.8) is 0 Å². The topological polar surface area (TPSA) is 26.3 Å². The zero-order chi connectivity index (χ0) is 21.0. The highest BCUT2D eigenvalue weighted by Gasteiger charge is 2.52. The van der Waals surface area contributed by atoms with Crippen LogP contribution < -0.4 is 17.0 Å². The fourth-order valence-electron chi connectivity index (χ4n) is 5.63. The molecule has 0 aliphatic carbocycles. The highest BCUT2D eigenvalue weighted by Crippen LogP contribution is 2.43. The number of hydrogen-bond donors (Lipinski definition) is 0. The lowest BCUT2D eigenvalue weighted by Crippen LogP contribution is -3.00. The Morgan fingerprint density at radius 1 is 0.935 bits per heavy atom. The average Bonchev–Trinajstić information content (AvgIpc) is 2.92. The van der Waals surface area contributed by atoms with E-state index in [4.69, 9.17) is 4.74 Å². The van der Waals surface area contributed by atoms with Gasteiger partial charge >= 0.3 is 5.97 Å². The molecule has 2 heterocycles. The number of fused-ring (bicyclic) bond motifs is 2. The summed E-state index contributed by atoms with van der Waals surface area (Å²) in [6, 6.07) is 19.9.